The third-order valence-corrected chi connectivity index (χ3v) is 5.16. The molecule has 0 bridgehead atoms. The number of fused-ring (bicyclic) bond motifs is 3. The monoisotopic (exact) mass is 372 g/mol. The summed E-state index contributed by atoms with van der Waals surface area (Å²) < 4.78 is 6.26. The maximum absolute atomic E-state index is 6.26. The minimum atomic E-state index is 0.570. The highest BCUT2D eigenvalue weighted by Crippen LogP contribution is 2.35. The minimum Gasteiger partial charge on any atom is -0.437 e. The molecule has 3 nitrogen and oxygen atoms in total. The van der Waals surface area contributed by atoms with Gasteiger partial charge >= 0.3 is 0 Å². The van der Waals surface area contributed by atoms with Crippen LogP contribution in [0.25, 0.3) is 33.3 Å². The van der Waals surface area contributed by atoms with E-state index in [2.05, 4.69) is 71.0 Å². The fraction of sp³-hybridized carbons (Fsp3) is 0.360. The van der Waals surface area contributed by atoms with Crippen molar-refractivity contribution >= 4 is 22.1 Å². The number of aromatic nitrogens is 2. The van der Waals surface area contributed by atoms with Gasteiger partial charge in [0.1, 0.15) is 5.58 Å². The molecule has 0 fully saturated rings. The van der Waals surface area contributed by atoms with Gasteiger partial charge in [0.25, 0.3) is 0 Å². The Hall–Kier alpha value is -2.68. The summed E-state index contributed by atoms with van der Waals surface area (Å²) in [6, 6.07) is 12.8. The summed E-state index contributed by atoms with van der Waals surface area (Å²) in [5, 5.41) is 2.17. The summed E-state index contributed by atoms with van der Waals surface area (Å²) >= 11 is 0. The fourth-order valence-electron chi connectivity index (χ4n) is 3.82. The number of para-hydroxylation sites is 1. The van der Waals surface area contributed by atoms with Crippen molar-refractivity contribution in [3.8, 4) is 11.3 Å². The first-order valence-electron chi connectivity index (χ1n) is 10.2. The average Bonchev–Trinajstić information content (AvgIpc) is 3.00. The van der Waals surface area contributed by atoms with Gasteiger partial charge in [-0.1, -0.05) is 39.8 Å². The van der Waals surface area contributed by atoms with Crippen LogP contribution in [0.2, 0.25) is 0 Å². The summed E-state index contributed by atoms with van der Waals surface area (Å²) in [5.41, 5.74) is 7.27. The molecule has 1 aromatic carbocycles. The van der Waals surface area contributed by atoms with Crippen molar-refractivity contribution in [2.45, 2.75) is 47.5 Å². The van der Waals surface area contributed by atoms with Crippen LogP contribution in [-0.2, 0) is 12.8 Å². The lowest BCUT2D eigenvalue weighted by Crippen LogP contribution is -1.99. The number of rotatable bonds is 5. The second-order valence-corrected chi connectivity index (χ2v) is 8.63. The number of hydrogen-bond acceptors (Lipinski definition) is 3. The van der Waals surface area contributed by atoms with E-state index in [0.717, 1.165) is 51.9 Å². The van der Waals surface area contributed by atoms with E-state index >= 15 is 0 Å². The van der Waals surface area contributed by atoms with E-state index in [0.29, 0.717) is 11.8 Å². The van der Waals surface area contributed by atoms with Crippen molar-refractivity contribution in [1.29, 1.82) is 0 Å². The molecule has 0 saturated heterocycles. The second kappa shape index (κ2) is 7.38. The van der Waals surface area contributed by atoms with Crippen LogP contribution in [0.5, 0.6) is 0 Å². The van der Waals surface area contributed by atoms with Crippen molar-refractivity contribution in [2.24, 2.45) is 11.8 Å². The molecule has 4 rings (SSSR count). The highest BCUT2D eigenvalue weighted by atomic mass is 16.3. The molecule has 0 saturated carbocycles. The van der Waals surface area contributed by atoms with Gasteiger partial charge in [0.15, 0.2) is 0 Å². The van der Waals surface area contributed by atoms with Crippen molar-refractivity contribution in [3.05, 3.63) is 59.4 Å². The van der Waals surface area contributed by atoms with Crippen LogP contribution in [0.15, 0.2) is 47.0 Å². The third-order valence-electron chi connectivity index (χ3n) is 5.16. The van der Waals surface area contributed by atoms with Crippen LogP contribution in [0.1, 0.15) is 44.5 Å². The Kier molecular flexibility index (Phi) is 4.92. The summed E-state index contributed by atoms with van der Waals surface area (Å²) in [6.45, 7) is 11.1. The molecule has 0 aliphatic rings. The predicted octanol–water partition coefficient (Wildman–Crippen LogP) is 6.75. The SMILES string of the molecule is Cc1cnc(-c2cccc3c2oc2nc(CC(C)C)ccc23)cc1CC(C)C. The molecule has 0 atom stereocenters. The molecule has 3 heteroatoms. The average molecular weight is 373 g/mol. The molecule has 28 heavy (non-hydrogen) atoms. The Morgan fingerprint density at radius 3 is 2.46 bits per heavy atom. The van der Waals surface area contributed by atoms with Crippen molar-refractivity contribution < 1.29 is 4.42 Å². The molecule has 0 spiro atoms. The van der Waals surface area contributed by atoms with Gasteiger partial charge in [-0.3, -0.25) is 4.98 Å². The Labute approximate surface area is 166 Å². The van der Waals surface area contributed by atoms with Crippen LogP contribution in [0.4, 0.5) is 0 Å². The Balaban J connectivity index is 1.86. The molecule has 0 aliphatic carbocycles. The molecule has 0 N–H and O–H groups in total. The van der Waals surface area contributed by atoms with E-state index in [1.807, 2.05) is 6.20 Å². The zero-order valence-electron chi connectivity index (χ0n) is 17.4. The summed E-state index contributed by atoms with van der Waals surface area (Å²) in [7, 11) is 0. The normalized spacial score (nSPS) is 12.0. The smallest absolute Gasteiger partial charge is 0.227 e. The Bertz CT molecular complexity index is 1140. The summed E-state index contributed by atoms with van der Waals surface area (Å²) in [4.78, 5) is 9.48. The molecule has 144 valence electrons. The third kappa shape index (κ3) is 3.54. The van der Waals surface area contributed by atoms with Gasteiger partial charge in [0.2, 0.25) is 5.71 Å². The quantitative estimate of drug-likeness (QED) is 0.389. The Morgan fingerprint density at radius 2 is 1.71 bits per heavy atom. The highest BCUT2D eigenvalue weighted by molar-refractivity contribution is 6.08. The van der Waals surface area contributed by atoms with Gasteiger partial charge in [-0.05, 0) is 67.0 Å². The molecule has 0 aliphatic heterocycles. The van der Waals surface area contributed by atoms with Gasteiger partial charge in [-0.15, -0.1) is 0 Å². The molecule has 3 aromatic heterocycles. The fourth-order valence-corrected chi connectivity index (χ4v) is 3.82. The molecule has 0 radical (unpaired) electrons. The van der Waals surface area contributed by atoms with Crippen molar-refractivity contribution in [1.82, 2.24) is 9.97 Å². The first-order valence-corrected chi connectivity index (χ1v) is 10.2. The van der Waals surface area contributed by atoms with Crippen molar-refractivity contribution in [3.63, 3.8) is 0 Å². The lowest BCUT2D eigenvalue weighted by molar-refractivity contribution is 0.621. The zero-order chi connectivity index (χ0) is 19.8. The number of benzene rings is 1. The van der Waals surface area contributed by atoms with E-state index in [1.54, 1.807) is 0 Å². The van der Waals surface area contributed by atoms with Crippen LogP contribution in [0.3, 0.4) is 0 Å². The first-order chi connectivity index (χ1) is 13.4. The number of nitrogens with zero attached hydrogens (tertiary/aromatic N) is 2. The number of furan rings is 1. The molecule has 4 aromatic rings. The minimum absolute atomic E-state index is 0.570. The van der Waals surface area contributed by atoms with Gasteiger partial charge in [0, 0.05) is 28.2 Å². The standard InChI is InChI=1S/C25H28N2O/c1-15(2)11-18-13-23(26-14-17(18)5)22-8-6-7-20-21-10-9-19(12-16(3)4)27-25(21)28-24(20)22/h6-10,13-16H,11-12H2,1-5H3. The number of hydrogen-bond donors (Lipinski definition) is 0. The molecular formula is C25H28N2O. The Morgan fingerprint density at radius 1 is 0.929 bits per heavy atom. The lowest BCUT2D eigenvalue weighted by Gasteiger charge is -2.10. The maximum Gasteiger partial charge on any atom is 0.227 e. The van der Waals surface area contributed by atoms with Gasteiger partial charge in [0.05, 0.1) is 5.69 Å². The zero-order valence-corrected chi connectivity index (χ0v) is 17.4. The van der Waals surface area contributed by atoms with E-state index in [4.69, 9.17) is 14.4 Å². The van der Waals surface area contributed by atoms with Crippen molar-refractivity contribution in [2.75, 3.05) is 0 Å². The molecule has 0 amide bonds. The highest BCUT2D eigenvalue weighted by Gasteiger charge is 2.15. The van der Waals surface area contributed by atoms with E-state index in [-0.39, 0.29) is 0 Å². The molecular weight excluding hydrogens is 344 g/mol. The largest absolute Gasteiger partial charge is 0.437 e. The maximum atomic E-state index is 6.26. The first kappa shape index (κ1) is 18.7. The molecule has 0 unspecified atom stereocenters. The summed E-state index contributed by atoms with van der Waals surface area (Å²) in [5.74, 6) is 1.18. The van der Waals surface area contributed by atoms with E-state index < -0.39 is 0 Å². The molecule has 3 heterocycles. The topological polar surface area (TPSA) is 38.9 Å². The van der Waals surface area contributed by atoms with Gasteiger partial charge in [-0.2, -0.15) is 0 Å². The predicted molar refractivity (Wildman–Crippen MR) is 117 cm³/mol. The van der Waals surface area contributed by atoms with Gasteiger partial charge < -0.3 is 4.42 Å². The van der Waals surface area contributed by atoms with Crippen LogP contribution in [0, 0.1) is 18.8 Å². The van der Waals surface area contributed by atoms with Crippen LogP contribution >= 0.6 is 0 Å². The summed E-state index contributed by atoms with van der Waals surface area (Å²) in [6.07, 6.45) is 3.99. The van der Waals surface area contributed by atoms with Crippen LogP contribution in [-0.4, -0.2) is 9.97 Å². The number of pyridine rings is 2. The van der Waals surface area contributed by atoms with Crippen LogP contribution < -0.4 is 0 Å². The lowest BCUT2D eigenvalue weighted by atomic mass is 9.97. The van der Waals surface area contributed by atoms with E-state index in [9.17, 15) is 0 Å². The second-order valence-electron chi connectivity index (χ2n) is 8.63. The number of aryl methyl sites for hydroxylation is 1. The van der Waals surface area contributed by atoms with Gasteiger partial charge in [-0.25, -0.2) is 4.98 Å². The van der Waals surface area contributed by atoms with E-state index in [1.165, 1.54) is 11.1 Å².